The number of carbonyl (C=O) groups is 3. The minimum absolute atomic E-state index is 0.0131. The van der Waals surface area contributed by atoms with E-state index in [0.717, 1.165) is 11.1 Å². The molecule has 172 valence electrons. The molecule has 2 atom stereocenters. The van der Waals surface area contributed by atoms with E-state index in [-0.39, 0.29) is 44.0 Å². The van der Waals surface area contributed by atoms with Crippen molar-refractivity contribution in [2.45, 2.75) is 18.4 Å². The number of fused-ring (bicyclic) bond motifs is 3. The maximum absolute atomic E-state index is 12.6. The zero-order valence-electron chi connectivity index (χ0n) is 18.1. The Morgan fingerprint density at radius 1 is 1.03 bits per heavy atom. The van der Waals surface area contributed by atoms with Gasteiger partial charge < -0.3 is 24.8 Å². The van der Waals surface area contributed by atoms with Gasteiger partial charge in [0, 0.05) is 38.1 Å². The number of ether oxygens (including phenoxy) is 2. The summed E-state index contributed by atoms with van der Waals surface area (Å²) in [6, 6.07) is 16.3. The second-order valence-corrected chi connectivity index (χ2v) is 8.82. The highest BCUT2D eigenvalue weighted by molar-refractivity contribution is 5.85. The third-order valence-electron chi connectivity index (χ3n) is 6.85. The molecular weight excluding hydrogens is 424 g/mol. The second kappa shape index (κ2) is 8.86. The normalized spacial score (nSPS) is 21.8. The lowest BCUT2D eigenvalue weighted by atomic mass is 9.95. The number of nitrogens with one attached hydrogen (secondary N) is 1. The van der Waals surface area contributed by atoms with Crippen LogP contribution in [0, 0.1) is 11.8 Å². The molecule has 33 heavy (non-hydrogen) atoms. The standard InChI is InChI=1S/C25H26N2O6/c28-23(27-12-16(13-27)24(29)30)22-15(9-10-32-22)11-26-25(31)33-14-21-19-7-3-1-5-17(19)18-6-2-4-8-20(18)21/h1-8,15-16,21-22H,9-14H2,(H,26,31)(H,29,30)/t15-,22-/m1/s1. The van der Waals surface area contributed by atoms with Crippen LogP contribution in [-0.2, 0) is 19.1 Å². The fourth-order valence-corrected chi connectivity index (χ4v) is 4.97. The van der Waals surface area contributed by atoms with Gasteiger partial charge in [-0.15, -0.1) is 0 Å². The number of hydrogen-bond donors (Lipinski definition) is 2. The van der Waals surface area contributed by atoms with Crippen molar-refractivity contribution in [3.05, 3.63) is 59.7 Å². The van der Waals surface area contributed by atoms with Crippen molar-refractivity contribution in [1.29, 1.82) is 0 Å². The topological polar surface area (TPSA) is 105 Å². The van der Waals surface area contributed by atoms with Crippen LogP contribution in [-0.4, -0.2) is 66.9 Å². The molecule has 2 N–H and O–H groups in total. The molecule has 2 aliphatic heterocycles. The lowest BCUT2D eigenvalue weighted by Crippen LogP contribution is -2.57. The Morgan fingerprint density at radius 2 is 1.67 bits per heavy atom. The highest BCUT2D eigenvalue weighted by Gasteiger charge is 2.43. The summed E-state index contributed by atoms with van der Waals surface area (Å²) in [4.78, 5) is 37.6. The average Bonchev–Trinajstić information content (AvgIpc) is 3.38. The predicted molar refractivity (Wildman–Crippen MR) is 119 cm³/mol. The van der Waals surface area contributed by atoms with Crippen molar-refractivity contribution in [1.82, 2.24) is 10.2 Å². The molecule has 0 spiro atoms. The number of carbonyl (C=O) groups excluding carboxylic acids is 2. The van der Waals surface area contributed by atoms with Crippen molar-refractivity contribution in [3.63, 3.8) is 0 Å². The van der Waals surface area contributed by atoms with E-state index in [1.165, 1.54) is 16.0 Å². The molecule has 3 aliphatic rings. The average molecular weight is 450 g/mol. The Hall–Kier alpha value is -3.39. The first-order valence-electron chi connectivity index (χ1n) is 11.2. The van der Waals surface area contributed by atoms with Crippen LogP contribution in [0.5, 0.6) is 0 Å². The van der Waals surface area contributed by atoms with E-state index in [1.807, 2.05) is 24.3 Å². The van der Waals surface area contributed by atoms with Crippen molar-refractivity contribution < 1.29 is 29.0 Å². The van der Waals surface area contributed by atoms with E-state index in [4.69, 9.17) is 14.6 Å². The van der Waals surface area contributed by atoms with E-state index in [2.05, 4.69) is 29.6 Å². The third-order valence-corrected chi connectivity index (χ3v) is 6.85. The van der Waals surface area contributed by atoms with Gasteiger partial charge in [0.25, 0.3) is 5.91 Å². The van der Waals surface area contributed by atoms with Crippen LogP contribution in [0.3, 0.4) is 0 Å². The maximum atomic E-state index is 12.6. The van der Waals surface area contributed by atoms with E-state index in [1.54, 1.807) is 0 Å². The van der Waals surface area contributed by atoms with Gasteiger partial charge in [-0.25, -0.2) is 4.79 Å². The lowest BCUT2D eigenvalue weighted by molar-refractivity contribution is -0.158. The van der Waals surface area contributed by atoms with Crippen LogP contribution in [0.4, 0.5) is 4.79 Å². The molecule has 8 heteroatoms. The van der Waals surface area contributed by atoms with E-state index in [0.29, 0.717) is 13.0 Å². The number of nitrogens with zero attached hydrogens (tertiary/aromatic N) is 1. The first kappa shape index (κ1) is 21.5. The molecule has 0 bridgehead atoms. The Labute approximate surface area is 191 Å². The number of rotatable bonds is 6. The van der Waals surface area contributed by atoms with Gasteiger partial charge in [0.1, 0.15) is 12.7 Å². The van der Waals surface area contributed by atoms with Gasteiger partial charge in [-0.1, -0.05) is 48.5 Å². The van der Waals surface area contributed by atoms with E-state index in [9.17, 15) is 14.4 Å². The molecule has 0 unspecified atom stereocenters. The fourth-order valence-electron chi connectivity index (χ4n) is 4.97. The molecule has 2 heterocycles. The van der Waals surface area contributed by atoms with Gasteiger partial charge in [0.15, 0.2) is 0 Å². The minimum Gasteiger partial charge on any atom is -0.481 e. The quantitative estimate of drug-likeness (QED) is 0.701. The molecule has 0 radical (unpaired) electrons. The molecular formula is C25H26N2O6. The van der Waals surface area contributed by atoms with Crippen LogP contribution in [0.1, 0.15) is 23.5 Å². The van der Waals surface area contributed by atoms with Gasteiger partial charge in [0.05, 0.1) is 5.92 Å². The SMILES string of the molecule is O=C(NC[C@H]1CCO[C@H]1C(=O)N1CC(C(=O)O)C1)OCC1c2ccccc2-c2ccccc21. The number of benzene rings is 2. The molecule has 2 fully saturated rings. The fraction of sp³-hybridized carbons (Fsp3) is 0.400. The molecule has 0 aromatic heterocycles. The highest BCUT2D eigenvalue weighted by Crippen LogP contribution is 2.44. The predicted octanol–water partition coefficient (Wildman–Crippen LogP) is 2.47. The first-order valence-corrected chi connectivity index (χ1v) is 11.2. The lowest BCUT2D eigenvalue weighted by Gasteiger charge is -2.38. The van der Waals surface area contributed by atoms with Gasteiger partial charge >= 0.3 is 12.1 Å². The van der Waals surface area contributed by atoms with Crippen molar-refractivity contribution >= 4 is 18.0 Å². The zero-order chi connectivity index (χ0) is 22.9. The second-order valence-electron chi connectivity index (χ2n) is 8.82. The summed E-state index contributed by atoms with van der Waals surface area (Å²) in [5.41, 5.74) is 4.64. The van der Waals surface area contributed by atoms with Crippen LogP contribution in [0.15, 0.2) is 48.5 Å². The van der Waals surface area contributed by atoms with Crippen LogP contribution < -0.4 is 5.32 Å². The molecule has 2 aromatic carbocycles. The molecule has 8 nitrogen and oxygen atoms in total. The van der Waals surface area contributed by atoms with Crippen molar-refractivity contribution in [2.24, 2.45) is 11.8 Å². The molecule has 2 aromatic rings. The Balaban J connectivity index is 1.14. The number of hydrogen-bond acceptors (Lipinski definition) is 5. The summed E-state index contributed by atoms with van der Waals surface area (Å²) in [5, 5.41) is 11.8. The van der Waals surface area contributed by atoms with Gasteiger partial charge in [0.2, 0.25) is 0 Å². The minimum atomic E-state index is -0.889. The van der Waals surface area contributed by atoms with E-state index < -0.39 is 24.1 Å². The molecule has 1 aliphatic carbocycles. The van der Waals surface area contributed by atoms with Crippen LogP contribution in [0.25, 0.3) is 11.1 Å². The summed E-state index contributed by atoms with van der Waals surface area (Å²) >= 11 is 0. The largest absolute Gasteiger partial charge is 0.481 e. The van der Waals surface area contributed by atoms with Gasteiger partial charge in [-0.2, -0.15) is 0 Å². The summed E-state index contributed by atoms with van der Waals surface area (Å²) < 4.78 is 11.2. The van der Waals surface area contributed by atoms with Gasteiger partial charge in [-0.3, -0.25) is 9.59 Å². The van der Waals surface area contributed by atoms with Crippen molar-refractivity contribution in [3.8, 4) is 11.1 Å². The molecule has 2 saturated heterocycles. The number of likely N-dealkylation sites (tertiary alicyclic amines) is 1. The Morgan fingerprint density at radius 3 is 2.30 bits per heavy atom. The third kappa shape index (κ3) is 4.06. The van der Waals surface area contributed by atoms with E-state index >= 15 is 0 Å². The van der Waals surface area contributed by atoms with Gasteiger partial charge in [-0.05, 0) is 28.7 Å². The molecule has 5 rings (SSSR count). The number of carboxylic acids is 1. The molecule has 2 amide bonds. The first-order chi connectivity index (χ1) is 16.0. The number of aliphatic carboxylic acids is 1. The summed E-state index contributed by atoms with van der Waals surface area (Å²) in [7, 11) is 0. The summed E-state index contributed by atoms with van der Waals surface area (Å²) in [5.74, 6) is -1.78. The highest BCUT2D eigenvalue weighted by atomic mass is 16.5. The smallest absolute Gasteiger partial charge is 0.407 e. The van der Waals surface area contributed by atoms with Crippen LogP contribution in [0.2, 0.25) is 0 Å². The zero-order valence-corrected chi connectivity index (χ0v) is 18.1. The van der Waals surface area contributed by atoms with Crippen LogP contribution >= 0.6 is 0 Å². The number of alkyl carbamates (subject to hydrolysis) is 1. The van der Waals surface area contributed by atoms with Crippen molar-refractivity contribution in [2.75, 3.05) is 32.8 Å². The summed E-state index contributed by atoms with van der Waals surface area (Å²) in [6.07, 6.45) is -0.533. The maximum Gasteiger partial charge on any atom is 0.407 e. The number of amides is 2. The Kier molecular flexibility index (Phi) is 5.76. The number of carboxylic acid groups (broad SMARTS) is 1. The summed E-state index contributed by atoms with van der Waals surface area (Å²) in [6.45, 7) is 1.35. The monoisotopic (exact) mass is 450 g/mol. The Bertz CT molecular complexity index is 1030. The molecule has 0 saturated carbocycles.